The quantitative estimate of drug-likeness (QED) is 0.434. The summed E-state index contributed by atoms with van der Waals surface area (Å²) in [5, 5.41) is 0. The van der Waals surface area contributed by atoms with Crippen molar-refractivity contribution in [3.05, 3.63) is 105 Å². The summed E-state index contributed by atoms with van der Waals surface area (Å²) < 4.78 is 15.1. The molecule has 0 amide bonds. The normalized spacial score (nSPS) is 12.7. The van der Waals surface area contributed by atoms with Crippen LogP contribution in [0.2, 0.25) is 0 Å². The molecule has 146 valence electrons. The third-order valence-electron chi connectivity index (χ3n) is 6.13. The molecule has 0 atom stereocenters. The van der Waals surface area contributed by atoms with Gasteiger partial charge >= 0.3 is 0 Å². The maximum absolute atomic E-state index is 15.1. The lowest BCUT2D eigenvalue weighted by Gasteiger charge is -2.21. The van der Waals surface area contributed by atoms with Gasteiger partial charge in [0.05, 0.1) is 0 Å². The van der Waals surface area contributed by atoms with Crippen LogP contribution >= 0.6 is 0 Å². The summed E-state index contributed by atoms with van der Waals surface area (Å²) >= 11 is 0. The third kappa shape index (κ3) is 3.35. The lowest BCUT2D eigenvalue weighted by atomic mass is 9.83. The molecule has 0 heterocycles. The average Bonchev–Trinajstić information content (AvgIpc) is 2.68. The van der Waals surface area contributed by atoms with Gasteiger partial charge in [-0.2, -0.15) is 0 Å². The SMILES string of the molecule is C=C(c1cc2c(cc1C)C=CCC2)c1c(C)cc(F)c(-c2ccccc2C)c1C. The smallest absolute Gasteiger partial charge is 0.131 e. The van der Waals surface area contributed by atoms with Crippen LogP contribution in [-0.4, -0.2) is 0 Å². The second-order valence-electron chi connectivity index (χ2n) is 8.15. The van der Waals surface area contributed by atoms with Crippen LogP contribution in [0.25, 0.3) is 22.8 Å². The summed E-state index contributed by atoms with van der Waals surface area (Å²) in [4.78, 5) is 0. The Labute approximate surface area is 173 Å². The molecular weight excluding hydrogens is 355 g/mol. The average molecular weight is 383 g/mol. The standard InChI is InChI=1S/C28H27F/c1-17-10-6-9-13-24(17)28-21(5)27(19(3)15-26(28)29)20(4)25-16-23-12-8-7-11-22(23)14-18(25)2/h6-7,9-11,13-16H,4,8,12H2,1-3,5H3. The highest BCUT2D eigenvalue weighted by atomic mass is 19.1. The second kappa shape index (κ2) is 7.48. The Morgan fingerprint density at radius 2 is 1.69 bits per heavy atom. The van der Waals surface area contributed by atoms with Gasteiger partial charge in [0.25, 0.3) is 0 Å². The number of fused-ring (bicyclic) bond motifs is 1. The molecular formula is C28H27F. The fraction of sp³-hybridized carbons (Fsp3) is 0.214. The first-order valence-corrected chi connectivity index (χ1v) is 10.2. The molecule has 0 nitrogen and oxygen atoms in total. The van der Waals surface area contributed by atoms with Crippen molar-refractivity contribution in [3.63, 3.8) is 0 Å². The lowest BCUT2D eigenvalue weighted by Crippen LogP contribution is -2.04. The van der Waals surface area contributed by atoms with Gasteiger partial charge in [0, 0.05) is 5.56 Å². The minimum atomic E-state index is -0.168. The molecule has 0 aromatic heterocycles. The minimum absolute atomic E-state index is 0.168. The van der Waals surface area contributed by atoms with E-state index in [1.807, 2.05) is 45.0 Å². The molecule has 1 heteroatoms. The molecule has 0 fully saturated rings. The van der Waals surface area contributed by atoms with Crippen LogP contribution in [0, 0.1) is 33.5 Å². The van der Waals surface area contributed by atoms with E-state index in [0.29, 0.717) is 5.56 Å². The van der Waals surface area contributed by atoms with Gasteiger partial charge < -0.3 is 0 Å². The van der Waals surface area contributed by atoms with Crippen molar-refractivity contribution in [2.75, 3.05) is 0 Å². The summed E-state index contributed by atoms with van der Waals surface area (Å²) in [6.45, 7) is 12.6. The molecule has 0 unspecified atom stereocenters. The molecule has 0 saturated heterocycles. The third-order valence-corrected chi connectivity index (χ3v) is 6.13. The minimum Gasteiger partial charge on any atom is -0.206 e. The number of halogens is 1. The number of allylic oxidation sites excluding steroid dienone is 1. The molecule has 3 aromatic rings. The van der Waals surface area contributed by atoms with Crippen LogP contribution in [0.1, 0.15) is 50.9 Å². The van der Waals surface area contributed by atoms with Crippen LogP contribution in [0.3, 0.4) is 0 Å². The zero-order chi connectivity index (χ0) is 20.7. The van der Waals surface area contributed by atoms with E-state index in [2.05, 4.69) is 37.8 Å². The van der Waals surface area contributed by atoms with Crippen LogP contribution in [0.5, 0.6) is 0 Å². The molecule has 3 aromatic carbocycles. The first kappa shape index (κ1) is 19.4. The van der Waals surface area contributed by atoms with Gasteiger partial charge in [-0.25, -0.2) is 4.39 Å². The summed E-state index contributed by atoms with van der Waals surface area (Å²) in [6, 6.07) is 14.2. The zero-order valence-corrected chi connectivity index (χ0v) is 17.7. The van der Waals surface area contributed by atoms with E-state index in [1.165, 1.54) is 16.7 Å². The lowest BCUT2D eigenvalue weighted by molar-refractivity contribution is 0.628. The summed E-state index contributed by atoms with van der Waals surface area (Å²) in [5.41, 5.74) is 11.7. The number of rotatable bonds is 3. The van der Waals surface area contributed by atoms with Crippen molar-refractivity contribution in [3.8, 4) is 11.1 Å². The highest BCUT2D eigenvalue weighted by molar-refractivity contribution is 5.87. The number of benzene rings is 3. The van der Waals surface area contributed by atoms with E-state index in [0.717, 1.165) is 51.8 Å². The number of aryl methyl sites for hydroxylation is 4. The molecule has 29 heavy (non-hydrogen) atoms. The van der Waals surface area contributed by atoms with E-state index >= 15 is 4.39 Å². The van der Waals surface area contributed by atoms with Gasteiger partial charge in [-0.05, 0) is 102 Å². The van der Waals surface area contributed by atoms with Crippen LogP contribution in [-0.2, 0) is 6.42 Å². The van der Waals surface area contributed by atoms with Crippen molar-refractivity contribution in [1.82, 2.24) is 0 Å². The molecule has 0 spiro atoms. The van der Waals surface area contributed by atoms with Gasteiger partial charge in [-0.3, -0.25) is 0 Å². The predicted molar refractivity (Wildman–Crippen MR) is 123 cm³/mol. The van der Waals surface area contributed by atoms with Crippen molar-refractivity contribution >= 4 is 11.6 Å². The molecule has 1 aliphatic carbocycles. The van der Waals surface area contributed by atoms with Crippen molar-refractivity contribution in [2.24, 2.45) is 0 Å². The Morgan fingerprint density at radius 3 is 2.45 bits per heavy atom. The predicted octanol–water partition coefficient (Wildman–Crippen LogP) is 7.75. The van der Waals surface area contributed by atoms with Gasteiger partial charge in [0.15, 0.2) is 0 Å². The summed E-state index contributed by atoms with van der Waals surface area (Å²) in [5.74, 6) is -0.168. The topological polar surface area (TPSA) is 0 Å². The highest BCUT2D eigenvalue weighted by Gasteiger charge is 2.20. The Morgan fingerprint density at radius 1 is 0.931 bits per heavy atom. The largest absolute Gasteiger partial charge is 0.206 e. The first-order chi connectivity index (χ1) is 13.9. The Balaban J connectivity index is 1.90. The molecule has 0 saturated carbocycles. The zero-order valence-electron chi connectivity index (χ0n) is 17.7. The van der Waals surface area contributed by atoms with E-state index < -0.39 is 0 Å². The van der Waals surface area contributed by atoms with E-state index in [4.69, 9.17) is 0 Å². The highest BCUT2D eigenvalue weighted by Crippen LogP contribution is 2.38. The van der Waals surface area contributed by atoms with Crippen molar-refractivity contribution in [1.29, 1.82) is 0 Å². The monoisotopic (exact) mass is 382 g/mol. The first-order valence-electron chi connectivity index (χ1n) is 10.2. The fourth-order valence-corrected chi connectivity index (χ4v) is 4.64. The van der Waals surface area contributed by atoms with Crippen LogP contribution in [0.4, 0.5) is 4.39 Å². The van der Waals surface area contributed by atoms with E-state index in [-0.39, 0.29) is 5.82 Å². The van der Waals surface area contributed by atoms with Gasteiger partial charge in [-0.15, -0.1) is 0 Å². The van der Waals surface area contributed by atoms with Crippen LogP contribution in [0.15, 0.2) is 55.1 Å². The van der Waals surface area contributed by atoms with Crippen molar-refractivity contribution in [2.45, 2.75) is 40.5 Å². The molecule has 0 N–H and O–H groups in total. The van der Waals surface area contributed by atoms with Gasteiger partial charge in [-0.1, -0.05) is 55.1 Å². The van der Waals surface area contributed by atoms with Gasteiger partial charge in [0.2, 0.25) is 0 Å². The summed E-state index contributed by atoms with van der Waals surface area (Å²) in [7, 11) is 0. The van der Waals surface area contributed by atoms with Crippen LogP contribution < -0.4 is 0 Å². The Kier molecular flexibility index (Phi) is 5.00. The second-order valence-corrected chi connectivity index (χ2v) is 8.15. The van der Waals surface area contributed by atoms with Gasteiger partial charge in [0.1, 0.15) is 5.82 Å². The number of hydrogen-bond donors (Lipinski definition) is 0. The Hall–Kier alpha value is -2.93. The molecule has 0 radical (unpaired) electrons. The van der Waals surface area contributed by atoms with E-state index in [1.54, 1.807) is 6.07 Å². The summed E-state index contributed by atoms with van der Waals surface area (Å²) in [6.07, 6.45) is 6.58. The molecule has 0 bridgehead atoms. The maximum atomic E-state index is 15.1. The molecule has 4 rings (SSSR count). The number of hydrogen-bond acceptors (Lipinski definition) is 0. The molecule has 1 aliphatic rings. The van der Waals surface area contributed by atoms with Crippen molar-refractivity contribution < 1.29 is 4.39 Å². The molecule has 0 aliphatic heterocycles. The maximum Gasteiger partial charge on any atom is 0.131 e. The van der Waals surface area contributed by atoms with E-state index in [9.17, 15) is 0 Å². The fourth-order valence-electron chi connectivity index (χ4n) is 4.64. The Bertz CT molecular complexity index is 1160.